The third-order valence-electron chi connectivity index (χ3n) is 8.61. The van der Waals surface area contributed by atoms with E-state index in [0.29, 0.717) is 19.3 Å². The van der Waals surface area contributed by atoms with Gasteiger partial charge < -0.3 is 19.7 Å². The molecule has 0 saturated heterocycles. The van der Waals surface area contributed by atoms with E-state index in [0.717, 1.165) is 44.9 Å². The van der Waals surface area contributed by atoms with Gasteiger partial charge in [0, 0.05) is 12.8 Å². The first-order valence-electron chi connectivity index (χ1n) is 20.6. The van der Waals surface area contributed by atoms with Crippen LogP contribution in [0.2, 0.25) is 0 Å². The van der Waals surface area contributed by atoms with Crippen molar-refractivity contribution in [2.45, 2.75) is 187 Å². The number of hydrogen-bond acceptors (Lipinski definition) is 6. The first-order valence-corrected chi connectivity index (χ1v) is 20.6. The molecule has 0 rings (SSSR count). The van der Waals surface area contributed by atoms with Crippen LogP contribution in [0.1, 0.15) is 174 Å². The number of esters is 2. The molecule has 0 spiro atoms. The SMILES string of the molecule is CC/C=C\CC(O)/C=C/C=C/C/C=C\C/C=C\C/C=C\CCC(=O)OC[C@H](CO)OC(=O)CCCCCCCCCCCCCCCCCCC. The maximum atomic E-state index is 12.2. The Hall–Kier alpha value is -2.70. The van der Waals surface area contributed by atoms with Gasteiger partial charge in [0.1, 0.15) is 6.61 Å². The molecule has 51 heavy (non-hydrogen) atoms. The zero-order chi connectivity index (χ0) is 37.3. The van der Waals surface area contributed by atoms with Crippen LogP contribution in [0.15, 0.2) is 72.9 Å². The molecule has 292 valence electrons. The van der Waals surface area contributed by atoms with Crippen molar-refractivity contribution in [1.29, 1.82) is 0 Å². The Morgan fingerprint density at radius 3 is 1.61 bits per heavy atom. The van der Waals surface area contributed by atoms with E-state index in [2.05, 4.69) is 50.3 Å². The molecule has 0 heterocycles. The molecule has 0 aliphatic heterocycles. The Labute approximate surface area is 313 Å². The fourth-order valence-electron chi connectivity index (χ4n) is 5.49. The standard InChI is InChI=1S/C45H76O6/c1-3-5-7-8-9-10-11-12-13-14-15-18-22-25-28-31-35-39-45(49)51-43(40-46)41-50-44(48)38-34-30-27-24-21-19-16-17-20-23-26-29-33-37-42(47)36-32-6-4-2/h6,17,19-21,26-27,29-30,32-33,37,42-43,46-47H,3-5,7-16,18,22-25,28,31,34-36,38-41H2,1-2H3/b20-17-,21-19-,29-26+,30-27-,32-6-,37-33+/t42?,43-/m0/s1. The van der Waals surface area contributed by atoms with Crippen molar-refractivity contribution in [3.63, 3.8) is 0 Å². The number of rotatable bonds is 36. The Morgan fingerprint density at radius 1 is 0.569 bits per heavy atom. The number of hydrogen-bond donors (Lipinski definition) is 2. The highest BCUT2D eigenvalue weighted by molar-refractivity contribution is 5.70. The average molecular weight is 713 g/mol. The van der Waals surface area contributed by atoms with Crippen molar-refractivity contribution >= 4 is 11.9 Å². The molecule has 6 heteroatoms. The first-order chi connectivity index (χ1) is 25.0. The summed E-state index contributed by atoms with van der Waals surface area (Å²) < 4.78 is 10.5. The molecule has 6 nitrogen and oxygen atoms in total. The number of aliphatic hydroxyl groups excluding tert-OH is 2. The molecule has 0 bridgehead atoms. The Balaban J connectivity index is 3.72. The predicted octanol–water partition coefficient (Wildman–Crippen LogP) is 11.9. The van der Waals surface area contributed by atoms with Crippen molar-refractivity contribution in [1.82, 2.24) is 0 Å². The second kappa shape index (κ2) is 40.1. The smallest absolute Gasteiger partial charge is 0.306 e. The lowest BCUT2D eigenvalue weighted by molar-refractivity contribution is -0.161. The van der Waals surface area contributed by atoms with E-state index < -0.39 is 12.2 Å². The molecule has 1 unspecified atom stereocenters. The van der Waals surface area contributed by atoms with Crippen molar-refractivity contribution in [3.05, 3.63) is 72.9 Å². The molecule has 0 aliphatic rings. The fourth-order valence-corrected chi connectivity index (χ4v) is 5.49. The Kier molecular flexibility index (Phi) is 38.0. The summed E-state index contributed by atoms with van der Waals surface area (Å²) in [5, 5.41) is 19.4. The van der Waals surface area contributed by atoms with Gasteiger partial charge >= 0.3 is 11.9 Å². The van der Waals surface area contributed by atoms with Crippen LogP contribution < -0.4 is 0 Å². The van der Waals surface area contributed by atoms with Crippen LogP contribution in [-0.2, 0) is 19.1 Å². The van der Waals surface area contributed by atoms with Crippen LogP contribution in [0.4, 0.5) is 0 Å². The van der Waals surface area contributed by atoms with Gasteiger partial charge in [-0.2, -0.15) is 0 Å². The molecular formula is C45H76O6. The summed E-state index contributed by atoms with van der Waals surface area (Å²) in [5.41, 5.74) is 0. The van der Waals surface area contributed by atoms with Gasteiger partial charge in [0.15, 0.2) is 6.10 Å². The number of unbranched alkanes of at least 4 members (excludes halogenated alkanes) is 16. The molecule has 0 aromatic carbocycles. The quantitative estimate of drug-likeness (QED) is 0.0291. The summed E-state index contributed by atoms with van der Waals surface area (Å²) in [6.45, 7) is 3.87. The average Bonchev–Trinajstić information content (AvgIpc) is 3.13. The van der Waals surface area contributed by atoms with Crippen LogP contribution in [0, 0.1) is 0 Å². The molecule has 2 N–H and O–H groups in total. The summed E-state index contributed by atoms with van der Waals surface area (Å²) in [6.07, 6.45) is 50.2. The minimum Gasteiger partial charge on any atom is -0.462 e. The minimum absolute atomic E-state index is 0.118. The number of aliphatic hydroxyl groups is 2. The largest absolute Gasteiger partial charge is 0.462 e. The van der Waals surface area contributed by atoms with E-state index in [1.807, 2.05) is 30.4 Å². The molecule has 0 aliphatic carbocycles. The van der Waals surface area contributed by atoms with E-state index in [-0.39, 0.29) is 31.6 Å². The van der Waals surface area contributed by atoms with Crippen molar-refractivity contribution in [3.8, 4) is 0 Å². The number of carbonyl (C=O) groups is 2. The first kappa shape index (κ1) is 48.3. The lowest BCUT2D eigenvalue weighted by Crippen LogP contribution is -2.28. The number of carbonyl (C=O) groups excluding carboxylic acids is 2. The zero-order valence-electron chi connectivity index (χ0n) is 32.7. The van der Waals surface area contributed by atoms with E-state index in [1.165, 1.54) is 89.9 Å². The summed E-state index contributed by atoms with van der Waals surface area (Å²) in [4.78, 5) is 24.3. The van der Waals surface area contributed by atoms with Gasteiger partial charge in [-0.25, -0.2) is 0 Å². The Morgan fingerprint density at radius 2 is 1.08 bits per heavy atom. The van der Waals surface area contributed by atoms with E-state index in [4.69, 9.17) is 9.47 Å². The lowest BCUT2D eigenvalue weighted by Gasteiger charge is -2.15. The highest BCUT2D eigenvalue weighted by atomic mass is 16.6. The summed E-state index contributed by atoms with van der Waals surface area (Å²) >= 11 is 0. The second-order valence-electron chi connectivity index (χ2n) is 13.5. The van der Waals surface area contributed by atoms with Crippen molar-refractivity contribution < 1.29 is 29.3 Å². The van der Waals surface area contributed by atoms with E-state index >= 15 is 0 Å². The van der Waals surface area contributed by atoms with Crippen LogP contribution in [0.25, 0.3) is 0 Å². The molecule has 0 aromatic rings. The Bertz CT molecular complexity index is 960. The predicted molar refractivity (Wildman–Crippen MR) is 216 cm³/mol. The van der Waals surface area contributed by atoms with Crippen LogP contribution in [0.3, 0.4) is 0 Å². The van der Waals surface area contributed by atoms with E-state index in [1.54, 1.807) is 6.08 Å². The number of ether oxygens (including phenoxy) is 2. The maximum Gasteiger partial charge on any atom is 0.306 e. The van der Waals surface area contributed by atoms with Gasteiger partial charge in [-0.05, 0) is 44.9 Å². The topological polar surface area (TPSA) is 93.1 Å². The lowest BCUT2D eigenvalue weighted by atomic mass is 10.0. The summed E-state index contributed by atoms with van der Waals surface area (Å²) in [7, 11) is 0. The minimum atomic E-state index is -0.813. The molecule has 0 amide bonds. The fraction of sp³-hybridized carbons (Fsp3) is 0.689. The van der Waals surface area contributed by atoms with Crippen LogP contribution >= 0.6 is 0 Å². The third kappa shape index (κ3) is 38.4. The van der Waals surface area contributed by atoms with Gasteiger partial charge in [-0.1, -0.05) is 189 Å². The summed E-state index contributed by atoms with van der Waals surface area (Å²) in [6, 6.07) is 0. The van der Waals surface area contributed by atoms with Gasteiger partial charge in [0.25, 0.3) is 0 Å². The van der Waals surface area contributed by atoms with Crippen LogP contribution in [-0.4, -0.2) is 47.6 Å². The molecule has 0 fully saturated rings. The normalized spacial score (nSPS) is 13.6. The molecule has 2 atom stereocenters. The number of allylic oxidation sites excluding steroid dienone is 10. The highest BCUT2D eigenvalue weighted by Gasteiger charge is 2.15. The van der Waals surface area contributed by atoms with Gasteiger partial charge in [0.05, 0.1) is 12.7 Å². The van der Waals surface area contributed by atoms with Crippen LogP contribution in [0.5, 0.6) is 0 Å². The molecule has 0 radical (unpaired) electrons. The van der Waals surface area contributed by atoms with E-state index in [9.17, 15) is 19.8 Å². The summed E-state index contributed by atoms with van der Waals surface area (Å²) in [5.74, 6) is -0.710. The van der Waals surface area contributed by atoms with Gasteiger partial charge in [-0.15, -0.1) is 0 Å². The molecule has 0 aromatic heterocycles. The highest BCUT2D eigenvalue weighted by Crippen LogP contribution is 2.15. The van der Waals surface area contributed by atoms with Gasteiger partial charge in [0.2, 0.25) is 0 Å². The van der Waals surface area contributed by atoms with Gasteiger partial charge in [-0.3, -0.25) is 9.59 Å². The van der Waals surface area contributed by atoms with Crippen molar-refractivity contribution in [2.75, 3.05) is 13.2 Å². The second-order valence-corrected chi connectivity index (χ2v) is 13.5. The monoisotopic (exact) mass is 713 g/mol. The molecule has 0 saturated carbocycles. The molecular weight excluding hydrogens is 636 g/mol. The van der Waals surface area contributed by atoms with Crippen molar-refractivity contribution in [2.24, 2.45) is 0 Å². The third-order valence-corrected chi connectivity index (χ3v) is 8.61. The zero-order valence-corrected chi connectivity index (χ0v) is 32.7. The maximum absolute atomic E-state index is 12.2.